The van der Waals surface area contributed by atoms with Gasteiger partial charge in [-0.3, -0.25) is 63.9 Å². The molecule has 0 aliphatic heterocycles. The Morgan fingerprint density at radius 2 is 1.05 bits per heavy atom. The largest absolute Gasteiger partial charge is 0.480 e. The minimum atomic E-state index is -1.24. The van der Waals surface area contributed by atoms with Crippen LogP contribution in [0.4, 0.5) is 0 Å². The van der Waals surface area contributed by atoms with Gasteiger partial charge in [0.25, 0.3) is 5.91 Å². The van der Waals surface area contributed by atoms with Crippen LogP contribution in [-0.4, -0.2) is 154 Å². The first-order valence-electron chi connectivity index (χ1n) is 19.1. The van der Waals surface area contributed by atoms with Crippen molar-refractivity contribution in [2.45, 2.75) is 57.5 Å². The predicted molar refractivity (Wildman–Crippen MR) is 212 cm³/mol. The van der Waals surface area contributed by atoms with Gasteiger partial charge in [0.1, 0.15) is 0 Å². The number of aryl methyl sites for hydroxylation is 1. The summed E-state index contributed by atoms with van der Waals surface area (Å²) >= 11 is 0. The number of hydrazine groups is 1. The predicted octanol–water partition coefficient (Wildman–Crippen LogP) is -1.13. The van der Waals surface area contributed by atoms with Crippen molar-refractivity contribution in [3.8, 4) is 0 Å². The van der Waals surface area contributed by atoms with E-state index in [0.717, 1.165) is 26.5 Å². The number of nitrogens with one attached hydrogen (secondary N) is 4. The molecule has 59 heavy (non-hydrogen) atoms. The van der Waals surface area contributed by atoms with Crippen LogP contribution >= 0.6 is 0 Å². The average Bonchev–Trinajstić information content (AvgIpc) is 3.17. The fourth-order valence-electron chi connectivity index (χ4n) is 5.72. The molecule has 2 aromatic carbocycles. The van der Waals surface area contributed by atoms with Crippen molar-refractivity contribution in [2.75, 3.05) is 65.4 Å². The molecule has 20 heteroatoms. The molecule has 324 valence electrons. The zero-order valence-electron chi connectivity index (χ0n) is 33.0. The van der Waals surface area contributed by atoms with Crippen molar-refractivity contribution >= 4 is 47.5 Å². The number of hydrogen-bond acceptors (Lipinski definition) is 12. The third kappa shape index (κ3) is 23.8. The highest BCUT2D eigenvalue weighted by Gasteiger charge is 2.20. The SMILES string of the molecule is N[C@H](Cc1ccccc1)C(=O)NNC(=O)CCc1ccc(CNC(=O)CCCCCNC(=O)CN(CCN(CC(=O)O)CC(=O)O)CCN(CC(=O)O)CC(=O)O)cc1. The lowest BCUT2D eigenvalue weighted by Crippen LogP contribution is -2.50. The van der Waals surface area contributed by atoms with Crippen LogP contribution in [0.25, 0.3) is 0 Å². The van der Waals surface area contributed by atoms with Gasteiger partial charge in [-0.1, -0.05) is 61.0 Å². The van der Waals surface area contributed by atoms with Crippen molar-refractivity contribution in [3.63, 3.8) is 0 Å². The molecule has 0 unspecified atom stereocenters. The van der Waals surface area contributed by atoms with E-state index in [-0.39, 0.29) is 57.4 Å². The Bertz CT molecular complexity index is 1610. The molecule has 0 radical (unpaired) electrons. The summed E-state index contributed by atoms with van der Waals surface area (Å²) in [6, 6.07) is 15.9. The summed E-state index contributed by atoms with van der Waals surface area (Å²) in [7, 11) is 0. The molecule has 0 spiro atoms. The lowest BCUT2D eigenvalue weighted by atomic mass is 10.1. The second-order valence-electron chi connectivity index (χ2n) is 13.9. The van der Waals surface area contributed by atoms with Crippen molar-refractivity contribution in [1.82, 2.24) is 36.2 Å². The van der Waals surface area contributed by atoms with E-state index in [1.54, 1.807) is 4.90 Å². The fourth-order valence-corrected chi connectivity index (χ4v) is 5.72. The Labute approximate surface area is 342 Å². The number of aliphatic carboxylic acids is 4. The van der Waals surface area contributed by atoms with Crippen molar-refractivity contribution in [2.24, 2.45) is 5.73 Å². The lowest BCUT2D eigenvalue weighted by molar-refractivity contribution is -0.143. The molecule has 0 aliphatic rings. The highest BCUT2D eigenvalue weighted by molar-refractivity contribution is 5.85. The first-order valence-corrected chi connectivity index (χ1v) is 19.1. The van der Waals surface area contributed by atoms with E-state index < -0.39 is 67.9 Å². The molecule has 0 heterocycles. The van der Waals surface area contributed by atoms with E-state index in [4.69, 9.17) is 26.2 Å². The number of carbonyl (C=O) groups is 8. The van der Waals surface area contributed by atoms with Gasteiger partial charge in [-0.05, 0) is 42.4 Å². The summed E-state index contributed by atoms with van der Waals surface area (Å²) in [5.41, 5.74) is 13.4. The molecule has 0 saturated carbocycles. The van der Waals surface area contributed by atoms with Crippen LogP contribution in [0.5, 0.6) is 0 Å². The van der Waals surface area contributed by atoms with Gasteiger partial charge in [-0.2, -0.15) is 0 Å². The summed E-state index contributed by atoms with van der Waals surface area (Å²) in [4.78, 5) is 98.3. The van der Waals surface area contributed by atoms with Crippen LogP contribution in [0.2, 0.25) is 0 Å². The standard InChI is InChI=1S/C39H56N8O12/c40-31(21-29-7-3-1-4-8-29)39(59)44-43-33(49)15-14-28-10-12-30(13-11-28)22-42-32(48)9-5-2-6-16-41-34(50)23-45(17-19-46(24-35(51)52)25-36(53)54)18-20-47(26-37(55)56)27-38(57)58/h1,3-4,7-8,10-13,31H,2,5-6,9,14-27,40H2,(H,41,50)(H,42,48)(H,43,49)(H,44,59)(H,51,52)(H,53,54)(H,55,56)(H,57,58)/t31-/m1/s1. The van der Waals surface area contributed by atoms with Crippen LogP contribution in [0.15, 0.2) is 54.6 Å². The molecule has 0 aliphatic carbocycles. The number of carbonyl (C=O) groups excluding carboxylic acids is 4. The van der Waals surface area contributed by atoms with Gasteiger partial charge < -0.3 is 36.8 Å². The summed E-state index contributed by atoms with van der Waals surface area (Å²) in [6.45, 7) is -1.75. The Morgan fingerprint density at radius 3 is 1.59 bits per heavy atom. The molecule has 0 bridgehead atoms. The van der Waals surface area contributed by atoms with Crippen LogP contribution in [0, 0.1) is 0 Å². The van der Waals surface area contributed by atoms with Gasteiger partial charge in [0.05, 0.1) is 38.8 Å². The molecular weight excluding hydrogens is 772 g/mol. The quantitative estimate of drug-likeness (QED) is 0.0333. The minimum absolute atomic E-state index is 0.0343. The number of carboxylic acid groups (broad SMARTS) is 4. The number of nitrogens with two attached hydrogens (primary N) is 1. The highest BCUT2D eigenvalue weighted by Crippen LogP contribution is 2.08. The van der Waals surface area contributed by atoms with Gasteiger partial charge in [0.2, 0.25) is 17.7 Å². The first-order chi connectivity index (χ1) is 28.1. The van der Waals surface area contributed by atoms with E-state index >= 15 is 0 Å². The monoisotopic (exact) mass is 828 g/mol. The number of nitrogens with zero attached hydrogens (tertiary/aromatic N) is 3. The van der Waals surface area contributed by atoms with E-state index in [0.29, 0.717) is 45.2 Å². The van der Waals surface area contributed by atoms with Gasteiger partial charge in [-0.25, -0.2) is 0 Å². The second kappa shape index (κ2) is 27.6. The van der Waals surface area contributed by atoms with Crippen molar-refractivity contribution < 1.29 is 58.8 Å². The summed E-state index contributed by atoms with van der Waals surface area (Å²) in [5.74, 6) is -6.35. The lowest BCUT2D eigenvalue weighted by Gasteiger charge is -2.28. The molecule has 0 saturated heterocycles. The van der Waals surface area contributed by atoms with Crippen molar-refractivity contribution in [1.29, 1.82) is 0 Å². The van der Waals surface area contributed by atoms with Crippen molar-refractivity contribution in [3.05, 3.63) is 71.3 Å². The molecule has 0 aromatic heterocycles. The first kappa shape index (κ1) is 49.2. The Morgan fingerprint density at radius 1 is 0.525 bits per heavy atom. The number of unbranched alkanes of at least 4 members (excludes halogenated alkanes) is 2. The van der Waals surface area contributed by atoms with Gasteiger partial charge in [-0.15, -0.1) is 0 Å². The summed E-state index contributed by atoms with van der Waals surface area (Å²) < 4.78 is 0. The number of rotatable bonds is 30. The third-order valence-electron chi connectivity index (χ3n) is 8.78. The molecule has 2 rings (SSSR count). The highest BCUT2D eigenvalue weighted by atomic mass is 16.4. The van der Waals surface area contributed by atoms with Crippen LogP contribution in [-0.2, 0) is 57.7 Å². The number of benzene rings is 2. The van der Waals surface area contributed by atoms with E-state index in [2.05, 4.69) is 21.5 Å². The molecule has 20 nitrogen and oxygen atoms in total. The maximum Gasteiger partial charge on any atom is 0.317 e. The summed E-state index contributed by atoms with van der Waals surface area (Å²) in [5, 5.41) is 42.2. The Hall–Kier alpha value is -5.96. The summed E-state index contributed by atoms with van der Waals surface area (Å²) in [6.07, 6.45) is 2.97. The number of carboxylic acids is 4. The van der Waals surface area contributed by atoms with Gasteiger partial charge in [0, 0.05) is 52.1 Å². The van der Waals surface area contributed by atoms with Crippen LogP contribution in [0.1, 0.15) is 48.8 Å². The third-order valence-corrected chi connectivity index (χ3v) is 8.78. The Balaban J connectivity index is 1.68. The van der Waals surface area contributed by atoms with Gasteiger partial charge in [0.15, 0.2) is 0 Å². The zero-order valence-corrected chi connectivity index (χ0v) is 33.0. The fraction of sp³-hybridized carbons (Fsp3) is 0.487. The molecule has 1 atom stereocenters. The zero-order chi connectivity index (χ0) is 43.6. The average molecular weight is 829 g/mol. The maximum absolute atomic E-state index is 12.8. The molecule has 10 N–H and O–H groups in total. The van der Waals surface area contributed by atoms with E-state index in [1.165, 1.54) is 0 Å². The maximum atomic E-state index is 12.8. The Kier molecular flexibility index (Phi) is 23.0. The smallest absolute Gasteiger partial charge is 0.317 e. The molecule has 0 fully saturated rings. The van der Waals surface area contributed by atoms with Gasteiger partial charge >= 0.3 is 23.9 Å². The van der Waals surface area contributed by atoms with Crippen LogP contribution in [0.3, 0.4) is 0 Å². The number of hydrogen-bond donors (Lipinski definition) is 9. The van der Waals surface area contributed by atoms with E-state index in [1.807, 2.05) is 54.6 Å². The molecule has 4 amide bonds. The molecule has 2 aromatic rings. The number of amides is 4. The normalized spacial score (nSPS) is 11.5. The van der Waals surface area contributed by atoms with Crippen LogP contribution < -0.4 is 27.2 Å². The minimum Gasteiger partial charge on any atom is -0.480 e. The topological polar surface area (TPSA) is 301 Å². The molecular formula is C39H56N8O12. The second-order valence-corrected chi connectivity index (χ2v) is 13.9. The van der Waals surface area contributed by atoms with E-state index in [9.17, 15) is 38.4 Å².